The molecule has 0 unspecified atom stereocenters. The number of carbonyl (C=O) groups is 1. The van der Waals surface area contributed by atoms with Crippen LogP contribution in [0.1, 0.15) is 5.56 Å². The molecule has 0 spiro atoms. The predicted octanol–water partition coefficient (Wildman–Crippen LogP) is 1.49. The smallest absolute Gasteiger partial charge is 0.325 e. The van der Waals surface area contributed by atoms with E-state index in [0.29, 0.717) is 11.3 Å². The lowest BCUT2D eigenvalue weighted by Crippen LogP contribution is -2.03. The minimum absolute atomic E-state index is 0.0367. The summed E-state index contributed by atoms with van der Waals surface area (Å²) >= 11 is 5.57. The van der Waals surface area contributed by atoms with E-state index in [4.69, 9.17) is 11.6 Å². The molecule has 0 saturated heterocycles. The Morgan fingerprint density at radius 3 is 2.67 bits per heavy atom. The Morgan fingerprint density at radius 1 is 1.40 bits per heavy atom. The molecule has 0 atom stereocenters. The summed E-state index contributed by atoms with van der Waals surface area (Å²) in [5.41, 5.74) is 0.859. The van der Waals surface area contributed by atoms with Crippen LogP contribution >= 0.6 is 11.6 Å². The highest BCUT2D eigenvalue weighted by molar-refractivity contribution is 7.86. The summed E-state index contributed by atoms with van der Waals surface area (Å²) in [5.74, 6) is -0.269. The summed E-state index contributed by atoms with van der Waals surface area (Å²) in [6.45, 7) is 0. The molecular weight excluding hydrogens is 245 g/mol. The van der Waals surface area contributed by atoms with Crippen molar-refractivity contribution < 1.29 is 17.1 Å². The first kappa shape index (κ1) is 10.4. The van der Waals surface area contributed by atoms with Crippen LogP contribution < -0.4 is 5.32 Å². The maximum Gasteiger partial charge on any atom is 0.333 e. The maximum absolute atomic E-state index is 12.7. The molecule has 80 valence electrons. The van der Waals surface area contributed by atoms with Crippen molar-refractivity contribution in [3.63, 3.8) is 0 Å². The lowest BCUT2D eigenvalue weighted by atomic mass is 10.2. The Kier molecular flexibility index (Phi) is 2.20. The van der Waals surface area contributed by atoms with E-state index in [1.54, 1.807) is 0 Å². The van der Waals surface area contributed by atoms with Gasteiger partial charge in [0.15, 0.2) is 0 Å². The van der Waals surface area contributed by atoms with E-state index in [-0.39, 0.29) is 17.4 Å². The number of hydrogen-bond acceptors (Lipinski definition) is 3. The van der Waals surface area contributed by atoms with Crippen LogP contribution in [0.15, 0.2) is 17.0 Å². The van der Waals surface area contributed by atoms with Crippen molar-refractivity contribution in [2.75, 3.05) is 5.32 Å². The van der Waals surface area contributed by atoms with Crippen LogP contribution in [0.3, 0.4) is 0 Å². The van der Waals surface area contributed by atoms with E-state index < -0.39 is 15.1 Å². The van der Waals surface area contributed by atoms with Gasteiger partial charge in [-0.2, -0.15) is 8.42 Å². The molecule has 1 aromatic rings. The minimum Gasteiger partial charge on any atom is -0.325 e. The second-order valence-corrected chi connectivity index (χ2v) is 4.83. The van der Waals surface area contributed by atoms with Gasteiger partial charge < -0.3 is 5.32 Å². The molecule has 0 aromatic heterocycles. The van der Waals surface area contributed by atoms with Crippen molar-refractivity contribution in [1.82, 2.24) is 0 Å². The fourth-order valence-corrected chi connectivity index (χ4v) is 2.43. The second-order valence-electron chi connectivity index (χ2n) is 3.10. The molecule has 1 N–H and O–H groups in total. The number of hydrogen-bond donors (Lipinski definition) is 1. The van der Waals surface area contributed by atoms with Crippen LogP contribution in [0.2, 0.25) is 5.02 Å². The highest BCUT2D eigenvalue weighted by Crippen LogP contribution is 2.32. The zero-order valence-electron chi connectivity index (χ0n) is 7.25. The Balaban J connectivity index is 2.64. The van der Waals surface area contributed by atoms with E-state index >= 15 is 0 Å². The maximum atomic E-state index is 12.7. The molecule has 1 amide bonds. The molecule has 1 heterocycles. The molecule has 15 heavy (non-hydrogen) atoms. The Bertz CT molecular complexity index is 555. The molecule has 1 aromatic carbocycles. The summed E-state index contributed by atoms with van der Waals surface area (Å²) in [4.78, 5) is 10.4. The standard InChI is InChI=1S/C8H5ClFNO3S/c9-5-3-6-4(2-8(12)11-6)1-7(5)15(10,13)14/h1,3H,2H2,(H,11,12). The van der Waals surface area contributed by atoms with E-state index in [1.807, 2.05) is 0 Å². The SMILES string of the molecule is O=C1Cc2cc(S(=O)(=O)F)c(Cl)cc2N1. The van der Waals surface area contributed by atoms with Gasteiger partial charge in [0.05, 0.1) is 11.4 Å². The summed E-state index contributed by atoms with van der Waals surface area (Å²) in [7, 11) is -4.84. The van der Waals surface area contributed by atoms with E-state index in [2.05, 4.69) is 5.32 Å². The third-order valence-electron chi connectivity index (χ3n) is 2.05. The Morgan fingerprint density at radius 2 is 2.07 bits per heavy atom. The van der Waals surface area contributed by atoms with Crippen LogP contribution in [0.25, 0.3) is 0 Å². The average molecular weight is 250 g/mol. The van der Waals surface area contributed by atoms with Crippen molar-refractivity contribution in [1.29, 1.82) is 0 Å². The van der Waals surface area contributed by atoms with Gasteiger partial charge in [-0.1, -0.05) is 11.6 Å². The molecule has 4 nitrogen and oxygen atoms in total. The molecule has 1 aliphatic heterocycles. The molecule has 7 heteroatoms. The molecule has 0 saturated carbocycles. The predicted molar refractivity (Wildman–Crippen MR) is 52.1 cm³/mol. The fourth-order valence-electron chi connectivity index (χ4n) is 1.41. The summed E-state index contributed by atoms with van der Waals surface area (Å²) in [6.07, 6.45) is 0.0367. The molecule has 1 aliphatic rings. The number of fused-ring (bicyclic) bond motifs is 1. The Hall–Kier alpha value is -1.14. The van der Waals surface area contributed by atoms with Crippen LogP contribution in [-0.4, -0.2) is 14.3 Å². The van der Waals surface area contributed by atoms with Crippen LogP contribution in [-0.2, 0) is 21.4 Å². The summed E-state index contributed by atoms with van der Waals surface area (Å²) in [5, 5.41) is 2.24. The van der Waals surface area contributed by atoms with Gasteiger partial charge >= 0.3 is 10.2 Å². The summed E-state index contributed by atoms with van der Waals surface area (Å²) < 4.78 is 34.1. The fraction of sp³-hybridized carbons (Fsp3) is 0.125. The number of carbonyl (C=O) groups excluding carboxylic acids is 1. The molecule has 0 radical (unpaired) electrons. The number of rotatable bonds is 1. The second kappa shape index (κ2) is 3.18. The number of anilines is 1. The van der Waals surface area contributed by atoms with Crippen LogP contribution in [0.4, 0.5) is 9.57 Å². The van der Waals surface area contributed by atoms with Gasteiger partial charge in [-0.15, -0.1) is 3.89 Å². The van der Waals surface area contributed by atoms with Gasteiger partial charge in [0.25, 0.3) is 0 Å². The zero-order chi connectivity index (χ0) is 11.2. The third kappa shape index (κ3) is 1.82. The van der Waals surface area contributed by atoms with Crippen molar-refractivity contribution >= 4 is 33.4 Å². The number of amides is 1. The largest absolute Gasteiger partial charge is 0.333 e. The van der Waals surface area contributed by atoms with Gasteiger partial charge in [0, 0.05) is 5.69 Å². The number of nitrogens with one attached hydrogen (secondary N) is 1. The summed E-state index contributed by atoms with van der Waals surface area (Å²) in [6, 6.07) is 2.30. The van der Waals surface area contributed by atoms with Gasteiger partial charge in [-0.05, 0) is 17.7 Å². The topological polar surface area (TPSA) is 63.2 Å². The van der Waals surface area contributed by atoms with Gasteiger partial charge in [0.2, 0.25) is 5.91 Å². The van der Waals surface area contributed by atoms with Gasteiger partial charge in [-0.3, -0.25) is 4.79 Å². The Labute approximate surface area is 90.3 Å². The van der Waals surface area contributed by atoms with Crippen molar-refractivity contribution in [2.24, 2.45) is 0 Å². The average Bonchev–Trinajstić information content (AvgIpc) is 2.40. The lowest BCUT2D eigenvalue weighted by molar-refractivity contribution is -0.115. The molecular formula is C8H5ClFNO3S. The first-order chi connectivity index (χ1) is 6.88. The van der Waals surface area contributed by atoms with Crippen molar-refractivity contribution in [2.45, 2.75) is 11.3 Å². The first-order valence-electron chi connectivity index (χ1n) is 3.95. The quantitative estimate of drug-likeness (QED) is 0.767. The normalized spacial score (nSPS) is 14.9. The minimum atomic E-state index is -4.84. The van der Waals surface area contributed by atoms with Crippen molar-refractivity contribution in [3.05, 3.63) is 22.7 Å². The van der Waals surface area contributed by atoms with Crippen LogP contribution in [0, 0.1) is 0 Å². The third-order valence-corrected chi connectivity index (χ3v) is 3.33. The zero-order valence-corrected chi connectivity index (χ0v) is 8.82. The van der Waals surface area contributed by atoms with Gasteiger partial charge in [-0.25, -0.2) is 0 Å². The number of halogens is 2. The van der Waals surface area contributed by atoms with E-state index in [0.717, 1.165) is 6.07 Å². The first-order valence-corrected chi connectivity index (χ1v) is 5.71. The van der Waals surface area contributed by atoms with E-state index in [9.17, 15) is 17.1 Å². The van der Waals surface area contributed by atoms with Gasteiger partial charge in [0.1, 0.15) is 4.90 Å². The monoisotopic (exact) mass is 249 g/mol. The van der Waals surface area contributed by atoms with Crippen molar-refractivity contribution in [3.8, 4) is 0 Å². The highest BCUT2D eigenvalue weighted by atomic mass is 35.5. The molecule has 0 fully saturated rings. The number of benzene rings is 1. The van der Waals surface area contributed by atoms with Crippen LogP contribution in [0.5, 0.6) is 0 Å². The molecule has 0 aliphatic carbocycles. The highest BCUT2D eigenvalue weighted by Gasteiger charge is 2.24. The molecule has 0 bridgehead atoms. The van der Waals surface area contributed by atoms with E-state index in [1.165, 1.54) is 6.07 Å². The lowest BCUT2D eigenvalue weighted by Gasteiger charge is -2.02. The molecule has 2 rings (SSSR count).